The minimum absolute atomic E-state index is 0.00868. The second-order valence-corrected chi connectivity index (χ2v) is 7.81. The summed E-state index contributed by atoms with van der Waals surface area (Å²) in [6.07, 6.45) is 1.94. The van der Waals surface area contributed by atoms with Gasteiger partial charge in [-0.2, -0.15) is 0 Å². The van der Waals surface area contributed by atoms with Crippen molar-refractivity contribution in [2.45, 2.75) is 51.2 Å². The van der Waals surface area contributed by atoms with Gasteiger partial charge in [-0.25, -0.2) is 0 Å². The maximum atomic E-state index is 13.5. The number of ether oxygens (including phenoxy) is 1. The van der Waals surface area contributed by atoms with E-state index in [-0.39, 0.29) is 11.9 Å². The van der Waals surface area contributed by atoms with Crippen molar-refractivity contribution in [1.29, 1.82) is 0 Å². The first-order valence-electron chi connectivity index (χ1n) is 9.60. The van der Waals surface area contributed by atoms with Crippen LogP contribution in [0.15, 0.2) is 24.3 Å². The Kier molecular flexibility index (Phi) is 4.63. The Morgan fingerprint density at radius 2 is 2.00 bits per heavy atom. The SMILES string of the molecule is COc1ccc(C(C)(C)C(=O)N2CCC[C@@H]2c2nnc3n2CCNC3)cc1. The quantitative estimate of drug-likeness (QED) is 0.893. The van der Waals surface area contributed by atoms with Crippen LogP contribution in [0.5, 0.6) is 5.75 Å². The number of nitrogens with zero attached hydrogens (tertiary/aromatic N) is 4. The number of methoxy groups -OCH3 is 1. The molecule has 1 aromatic carbocycles. The summed E-state index contributed by atoms with van der Waals surface area (Å²) in [7, 11) is 1.65. The Morgan fingerprint density at radius 3 is 2.74 bits per heavy atom. The van der Waals surface area contributed by atoms with Gasteiger partial charge in [-0.15, -0.1) is 10.2 Å². The molecule has 1 atom stereocenters. The Bertz CT molecular complexity index is 827. The summed E-state index contributed by atoms with van der Waals surface area (Å²) >= 11 is 0. The number of carbonyl (C=O) groups excluding carboxylic acids is 1. The molecule has 144 valence electrons. The van der Waals surface area contributed by atoms with E-state index < -0.39 is 5.41 Å². The average Bonchev–Trinajstić information content (AvgIpc) is 3.33. The number of benzene rings is 1. The molecular weight excluding hydrogens is 342 g/mol. The molecule has 1 amide bonds. The molecule has 7 heteroatoms. The van der Waals surface area contributed by atoms with Crippen molar-refractivity contribution in [2.24, 2.45) is 0 Å². The van der Waals surface area contributed by atoms with E-state index in [1.807, 2.05) is 43.0 Å². The standard InChI is InChI=1S/C20H27N5O2/c1-20(2,14-6-8-15(27-3)9-7-14)19(26)24-11-4-5-16(24)18-23-22-17-13-21-10-12-25(17)18/h6-9,16,21H,4-5,10-13H2,1-3H3/t16-/m1/s1. The summed E-state index contributed by atoms with van der Waals surface area (Å²) in [6.45, 7) is 7.27. The normalized spacial score (nSPS) is 19.8. The van der Waals surface area contributed by atoms with Crippen molar-refractivity contribution in [3.05, 3.63) is 41.5 Å². The van der Waals surface area contributed by atoms with Gasteiger partial charge in [0.1, 0.15) is 11.6 Å². The van der Waals surface area contributed by atoms with Crippen LogP contribution in [0.1, 0.15) is 49.9 Å². The van der Waals surface area contributed by atoms with Crippen LogP contribution in [0.25, 0.3) is 0 Å². The molecule has 7 nitrogen and oxygen atoms in total. The molecular formula is C20H27N5O2. The van der Waals surface area contributed by atoms with E-state index >= 15 is 0 Å². The number of hydrogen-bond donors (Lipinski definition) is 1. The predicted molar refractivity (Wildman–Crippen MR) is 101 cm³/mol. The zero-order valence-corrected chi connectivity index (χ0v) is 16.2. The summed E-state index contributed by atoms with van der Waals surface area (Å²) in [4.78, 5) is 15.5. The third kappa shape index (κ3) is 3.10. The van der Waals surface area contributed by atoms with E-state index in [2.05, 4.69) is 20.1 Å². The lowest BCUT2D eigenvalue weighted by atomic mass is 9.83. The Balaban J connectivity index is 1.61. The lowest BCUT2D eigenvalue weighted by Gasteiger charge is -2.33. The molecule has 2 aromatic rings. The summed E-state index contributed by atoms with van der Waals surface area (Å²) in [5.74, 6) is 2.83. The van der Waals surface area contributed by atoms with E-state index in [0.717, 1.165) is 62.0 Å². The molecule has 2 aliphatic rings. The number of carbonyl (C=O) groups is 1. The van der Waals surface area contributed by atoms with Crippen LogP contribution in [0, 0.1) is 0 Å². The largest absolute Gasteiger partial charge is 0.497 e. The van der Waals surface area contributed by atoms with Gasteiger partial charge in [0.25, 0.3) is 0 Å². The highest BCUT2D eigenvalue weighted by Gasteiger charge is 2.41. The summed E-state index contributed by atoms with van der Waals surface area (Å²) in [5.41, 5.74) is 0.382. The highest BCUT2D eigenvalue weighted by molar-refractivity contribution is 5.88. The molecule has 0 spiro atoms. The van der Waals surface area contributed by atoms with E-state index in [9.17, 15) is 4.79 Å². The third-order valence-corrected chi connectivity index (χ3v) is 5.81. The molecule has 27 heavy (non-hydrogen) atoms. The van der Waals surface area contributed by atoms with Gasteiger partial charge in [0.15, 0.2) is 5.82 Å². The van der Waals surface area contributed by atoms with Crippen LogP contribution >= 0.6 is 0 Å². The molecule has 0 saturated carbocycles. The summed E-state index contributed by atoms with van der Waals surface area (Å²) < 4.78 is 7.43. The van der Waals surface area contributed by atoms with Crippen molar-refractivity contribution in [3.63, 3.8) is 0 Å². The number of hydrogen-bond acceptors (Lipinski definition) is 5. The fourth-order valence-electron chi connectivity index (χ4n) is 4.13. The number of nitrogens with one attached hydrogen (secondary N) is 1. The zero-order valence-electron chi connectivity index (χ0n) is 16.2. The first kappa shape index (κ1) is 18.0. The van der Waals surface area contributed by atoms with Crippen LogP contribution in [0.2, 0.25) is 0 Å². The van der Waals surface area contributed by atoms with Gasteiger partial charge in [0, 0.05) is 19.6 Å². The maximum Gasteiger partial charge on any atom is 0.233 e. The number of rotatable bonds is 4. The predicted octanol–water partition coefficient (Wildman–Crippen LogP) is 2.03. The molecule has 1 N–H and O–H groups in total. The van der Waals surface area contributed by atoms with Crippen molar-refractivity contribution in [3.8, 4) is 5.75 Å². The Morgan fingerprint density at radius 1 is 1.22 bits per heavy atom. The molecule has 0 bridgehead atoms. The van der Waals surface area contributed by atoms with E-state index in [1.54, 1.807) is 7.11 Å². The average molecular weight is 369 g/mol. The van der Waals surface area contributed by atoms with Gasteiger partial charge in [-0.1, -0.05) is 12.1 Å². The lowest BCUT2D eigenvalue weighted by Crippen LogP contribution is -2.44. The third-order valence-electron chi connectivity index (χ3n) is 5.81. The topological polar surface area (TPSA) is 72.3 Å². The number of likely N-dealkylation sites (tertiary alicyclic amines) is 1. The lowest BCUT2D eigenvalue weighted by molar-refractivity contribution is -0.137. The fraction of sp³-hybridized carbons (Fsp3) is 0.550. The minimum Gasteiger partial charge on any atom is -0.497 e. The van der Waals surface area contributed by atoms with Crippen LogP contribution in [0.4, 0.5) is 0 Å². The minimum atomic E-state index is -0.610. The molecule has 3 heterocycles. The van der Waals surface area contributed by atoms with Crippen LogP contribution < -0.4 is 10.1 Å². The molecule has 0 unspecified atom stereocenters. The number of amides is 1. The van der Waals surface area contributed by atoms with Crippen LogP contribution in [-0.4, -0.2) is 45.8 Å². The molecule has 1 aromatic heterocycles. The van der Waals surface area contributed by atoms with Crippen LogP contribution in [-0.2, 0) is 23.3 Å². The summed E-state index contributed by atoms with van der Waals surface area (Å²) in [5, 5.41) is 12.1. The monoisotopic (exact) mass is 369 g/mol. The Labute approximate surface area is 159 Å². The Hall–Kier alpha value is -2.41. The van der Waals surface area contributed by atoms with Gasteiger partial charge in [0.05, 0.1) is 25.1 Å². The van der Waals surface area contributed by atoms with E-state index in [0.29, 0.717) is 0 Å². The zero-order chi connectivity index (χ0) is 19.0. The molecule has 2 aliphatic heterocycles. The first-order chi connectivity index (χ1) is 13.0. The smallest absolute Gasteiger partial charge is 0.233 e. The van der Waals surface area contributed by atoms with Gasteiger partial charge < -0.3 is 19.5 Å². The van der Waals surface area contributed by atoms with Gasteiger partial charge in [-0.05, 0) is 44.4 Å². The highest BCUT2D eigenvalue weighted by atomic mass is 16.5. The van der Waals surface area contributed by atoms with Crippen molar-refractivity contribution >= 4 is 5.91 Å². The second-order valence-electron chi connectivity index (χ2n) is 7.81. The van der Waals surface area contributed by atoms with E-state index in [1.165, 1.54) is 0 Å². The van der Waals surface area contributed by atoms with Gasteiger partial charge >= 0.3 is 0 Å². The van der Waals surface area contributed by atoms with Crippen molar-refractivity contribution in [2.75, 3.05) is 20.2 Å². The van der Waals surface area contributed by atoms with Crippen molar-refractivity contribution < 1.29 is 9.53 Å². The fourth-order valence-corrected chi connectivity index (χ4v) is 4.13. The van der Waals surface area contributed by atoms with Crippen molar-refractivity contribution in [1.82, 2.24) is 25.0 Å². The van der Waals surface area contributed by atoms with Gasteiger partial charge in [0.2, 0.25) is 5.91 Å². The molecule has 0 aliphatic carbocycles. The maximum absolute atomic E-state index is 13.5. The number of fused-ring (bicyclic) bond motifs is 1. The highest BCUT2D eigenvalue weighted by Crippen LogP contribution is 2.36. The molecule has 4 rings (SSSR count). The summed E-state index contributed by atoms with van der Waals surface area (Å²) in [6, 6.07) is 7.79. The molecule has 1 fully saturated rings. The molecule has 0 radical (unpaired) electrons. The first-order valence-corrected chi connectivity index (χ1v) is 9.60. The van der Waals surface area contributed by atoms with E-state index in [4.69, 9.17) is 4.74 Å². The number of aromatic nitrogens is 3. The van der Waals surface area contributed by atoms with Gasteiger partial charge in [-0.3, -0.25) is 4.79 Å². The molecule has 1 saturated heterocycles. The second kappa shape index (κ2) is 6.96. The van der Waals surface area contributed by atoms with Crippen LogP contribution in [0.3, 0.4) is 0 Å².